The molecule has 0 bridgehead atoms. The van der Waals surface area contributed by atoms with Crippen molar-refractivity contribution < 1.29 is 14.3 Å². The Kier molecular flexibility index (Phi) is 5.23. The van der Waals surface area contributed by atoms with Crippen LogP contribution in [0.2, 0.25) is 0 Å². The quantitative estimate of drug-likeness (QED) is 0.822. The maximum atomic E-state index is 13.2. The molecule has 1 aliphatic rings. The molecule has 1 amide bonds. The summed E-state index contributed by atoms with van der Waals surface area (Å²) in [6.07, 6.45) is 0. The summed E-state index contributed by atoms with van der Waals surface area (Å²) in [6.45, 7) is 4.93. The second-order valence-corrected chi connectivity index (χ2v) is 7.34. The Hall–Kier alpha value is -2.14. The molecular weight excluding hydrogens is 334 g/mol. The number of aryl methyl sites for hydroxylation is 2. The lowest BCUT2D eigenvalue weighted by atomic mass is 10.0. The van der Waals surface area contributed by atoms with Gasteiger partial charge in [-0.3, -0.25) is 4.79 Å². The Bertz CT molecular complexity index is 791. The summed E-state index contributed by atoms with van der Waals surface area (Å²) in [5.41, 5.74) is 4.23. The van der Waals surface area contributed by atoms with Gasteiger partial charge < -0.3 is 14.4 Å². The highest BCUT2D eigenvalue weighted by Gasteiger charge is 2.33. The smallest absolute Gasteiger partial charge is 0.258 e. The minimum atomic E-state index is -0.00511. The number of nitrogens with zero attached hydrogens (tertiary/aromatic N) is 1. The molecule has 25 heavy (non-hydrogen) atoms. The second kappa shape index (κ2) is 7.40. The number of methoxy groups -OCH3 is 2. The highest BCUT2D eigenvalue weighted by atomic mass is 32.2. The van der Waals surface area contributed by atoms with Gasteiger partial charge in [0.15, 0.2) is 0 Å². The second-order valence-electron chi connectivity index (χ2n) is 6.15. The Morgan fingerprint density at radius 3 is 2.60 bits per heavy atom. The van der Waals surface area contributed by atoms with Crippen LogP contribution in [0.4, 0.5) is 0 Å². The summed E-state index contributed by atoms with van der Waals surface area (Å²) in [4.78, 5) is 15.1. The van der Waals surface area contributed by atoms with Crippen LogP contribution in [-0.4, -0.2) is 37.3 Å². The van der Waals surface area contributed by atoms with Crippen molar-refractivity contribution in [2.45, 2.75) is 19.2 Å². The molecule has 1 unspecified atom stereocenters. The molecule has 0 spiro atoms. The van der Waals surface area contributed by atoms with E-state index in [0.29, 0.717) is 17.1 Å². The number of thioether (sulfide) groups is 1. The van der Waals surface area contributed by atoms with E-state index >= 15 is 0 Å². The number of benzene rings is 2. The topological polar surface area (TPSA) is 38.8 Å². The first-order valence-electron chi connectivity index (χ1n) is 8.27. The van der Waals surface area contributed by atoms with Crippen LogP contribution >= 0.6 is 11.8 Å². The highest BCUT2D eigenvalue weighted by molar-refractivity contribution is 7.99. The molecular formula is C20H23NO3S. The number of rotatable bonds is 4. The van der Waals surface area contributed by atoms with Crippen molar-refractivity contribution in [2.24, 2.45) is 0 Å². The largest absolute Gasteiger partial charge is 0.497 e. The Labute approximate surface area is 153 Å². The molecule has 1 aliphatic heterocycles. The fraction of sp³-hybridized carbons (Fsp3) is 0.350. The van der Waals surface area contributed by atoms with Gasteiger partial charge in [-0.05, 0) is 37.1 Å². The maximum Gasteiger partial charge on any atom is 0.258 e. The molecule has 5 heteroatoms. The zero-order chi connectivity index (χ0) is 18.0. The summed E-state index contributed by atoms with van der Waals surface area (Å²) in [6, 6.07) is 11.7. The molecule has 1 saturated heterocycles. The van der Waals surface area contributed by atoms with Gasteiger partial charge in [-0.1, -0.05) is 23.8 Å². The third-order valence-electron chi connectivity index (χ3n) is 4.48. The predicted molar refractivity (Wildman–Crippen MR) is 102 cm³/mol. The molecule has 0 aromatic heterocycles. The van der Waals surface area contributed by atoms with Gasteiger partial charge in [0.05, 0.1) is 19.8 Å². The molecule has 1 fully saturated rings. The van der Waals surface area contributed by atoms with E-state index in [1.807, 2.05) is 16.7 Å². The van der Waals surface area contributed by atoms with Crippen molar-refractivity contribution in [3.05, 3.63) is 58.7 Å². The van der Waals surface area contributed by atoms with E-state index in [-0.39, 0.29) is 11.3 Å². The normalized spacial score (nSPS) is 16.8. The molecule has 3 rings (SSSR count). The van der Waals surface area contributed by atoms with Gasteiger partial charge in [-0.15, -0.1) is 11.8 Å². The lowest BCUT2D eigenvalue weighted by Gasteiger charge is -2.26. The molecule has 0 aliphatic carbocycles. The van der Waals surface area contributed by atoms with Gasteiger partial charge in [0.2, 0.25) is 0 Å². The number of ether oxygens (including phenoxy) is 2. The molecule has 0 saturated carbocycles. The van der Waals surface area contributed by atoms with Crippen molar-refractivity contribution in [1.29, 1.82) is 0 Å². The zero-order valence-corrected chi connectivity index (χ0v) is 15.9. The van der Waals surface area contributed by atoms with E-state index in [9.17, 15) is 4.79 Å². The third-order valence-corrected chi connectivity index (χ3v) is 5.72. The maximum absolute atomic E-state index is 13.2. The van der Waals surface area contributed by atoms with E-state index in [4.69, 9.17) is 9.47 Å². The molecule has 4 nitrogen and oxygen atoms in total. The molecule has 0 radical (unpaired) electrons. The van der Waals surface area contributed by atoms with Crippen molar-refractivity contribution in [3.63, 3.8) is 0 Å². The molecule has 1 atom stereocenters. The van der Waals surface area contributed by atoms with Crippen LogP contribution in [0.5, 0.6) is 11.5 Å². The molecule has 132 valence electrons. The predicted octanol–water partition coefficient (Wildman–Crippen LogP) is 4.21. The first-order valence-corrected chi connectivity index (χ1v) is 9.31. The Morgan fingerprint density at radius 2 is 1.92 bits per heavy atom. The zero-order valence-electron chi connectivity index (χ0n) is 15.0. The highest BCUT2D eigenvalue weighted by Crippen LogP contribution is 2.41. The molecule has 2 aromatic carbocycles. The average Bonchev–Trinajstić information content (AvgIpc) is 3.09. The van der Waals surface area contributed by atoms with E-state index in [2.05, 4.69) is 32.0 Å². The summed E-state index contributed by atoms with van der Waals surface area (Å²) in [7, 11) is 3.18. The van der Waals surface area contributed by atoms with Gasteiger partial charge >= 0.3 is 0 Å². The number of hydrogen-bond donors (Lipinski definition) is 0. The van der Waals surface area contributed by atoms with Crippen LogP contribution in [0.3, 0.4) is 0 Å². The number of hydrogen-bond acceptors (Lipinski definition) is 4. The average molecular weight is 357 g/mol. The summed E-state index contributed by atoms with van der Waals surface area (Å²) in [5, 5.41) is 0.0416. The van der Waals surface area contributed by atoms with Crippen molar-refractivity contribution in [1.82, 2.24) is 4.90 Å². The van der Waals surface area contributed by atoms with Crippen molar-refractivity contribution >= 4 is 17.7 Å². The first kappa shape index (κ1) is 17.7. The Balaban J connectivity index is 1.93. The van der Waals surface area contributed by atoms with Crippen LogP contribution in [0.15, 0.2) is 36.4 Å². The van der Waals surface area contributed by atoms with Gasteiger partial charge in [0.25, 0.3) is 5.91 Å². The van der Waals surface area contributed by atoms with E-state index < -0.39 is 0 Å². The summed E-state index contributed by atoms with van der Waals surface area (Å²) >= 11 is 1.81. The van der Waals surface area contributed by atoms with Gasteiger partial charge in [-0.25, -0.2) is 0 Å². The van der Waals surface area contributed by atoms with Crippen molar-refractivity contribution in [3.8, 4) is 11.5 Å². The van der Waals surface area contributed by atoms with E-state index in [0.717, 1.165) is 12.3 Å². The fourth-order valence-corrected chi connectivity index (χ4v) is 4.52. The van der Waals surface area contributed by atoms with Gasteiger partial charge in [0, 0.05) is 18.4 Å². The van der Waals surface area contributed by atoms with Crippen LogP contribution in [-0.2, 0) is 0 Å². The number of carbonyl (C=O) groups is 1. The minimum absolute atomic E-state index is 0.00511. The summed E-state index contributed by atoms with van der Waals surface area (Å²) < 4.78 is 10.6. The van der Waals surface area contributed by atoms with E-state index in [1.165, 1.54) is 16.7 Å². The number of carbonyl (C=O) groups excluding carboxylic acids is 1. The number of amides is 1. The third kappa shape index (κ3) is 3.47. The Morgan fingerprint density at radius 1 is 1.12 bits per heavy atom. The molecule has 0 N–H and O–H groups in total. The molecule has 2 aromatic rings. The lowest BCUT2D eigenvalue weighted by molar-refractivity contribution is 0.0756. The van der Waals surface area contributed by atoms with Crippen LogP contribution in [0, 0.1) is 13.8 Å². The van der Waals surface area contributed by atoms with Crippen molar-refractivity contribution in [2.75, 3.05) is 26.5 Å². The summed E-state index contributed by atoms with van der Waals surface area (Å²) in [5.74, 6) is 2.15. The van der Waals surface area contributed by atoms with E-state index in [1.54, 1.807) is 32.4 Å². The van der Waals surface area contributed by atoms with Gasteiger partial charge in [-0.2, -0.15) is 0 Å². The van der Waals surface area contributed by atoms with Crippen LogP contribution in [0.1, 0.15) is 32.4 Å². The fourth-order valence-electron chi connectivity index (χ4n) is 3.17. The lowest BCUT2D eigenvalue weighted by Crippen LogP contribution is -2.31. The SMILES string of the molecule is COc1ccc(C(=O)N2CCSC2c2ccc(C)cc2C)c(OC)c1. The van der Waals surface area contributed by atoms with Crippen LogP contribution in [0.25, 0.3) is 0 Å². The van der Waals surface area contributed by atoms with Crippen LogP contribution < -0.4 is 9.47 Å². The van der Waals surface area contributed by atoms with Gasteiger partial charge in [0.1, 0.15) is 16.9 Å². The molecule has 1 heterocycles. The first-order chi connectivity index (χ1) is 12.0. The minimum Gasteiger partial charge on any atom is -0.497 e. The standard InChI is InChI=1S/C20H23NO3S/c1-13-5-7-16(14(2)11-13)20-21(9-10-25-20)19(22)17-8-6-15(23-3)12-18(17)24-4/h5-8,11-12,20H,9-10H2,1-4H3. The monoisotopic (exact) mass is 357 g/mol.